The van der Waals surface area contributed by atoms with Gasteiger partial charge in [-0.15, -0.1) is 11.3 Å². The van der Waals surface area contributed by atoms with Crippen molar-refractivity contribution in [2.45, 2.75) is 115 Å². The van der Waals surface area contributed by atoms with Crippen LogP contribution >= 0.6 is 11.3 Å². The summed E-state index contributed by atoms with van der Waals surface area (Å²) in [5.41, 5.74) is 9.95. The van der Waals surface area contributed by atoms with Gasteiger partial charge in [0.1, 0.15) is 23.2 Å². The van der Waals surface area contributed by atoms with E-state index in [-0.39, 0.29) is 36.5 Å². The maximum Gasteiger partial charge on any atom is 0.324 e. The summed E-state index contributed by atoms with van der Waals surface area (Å²) in [5.74, 6) is -1.14. The highest BCUT2D eigenvalue weighted by Gasteiger charge is 2.50. The highest BCUT2D eigenvalue weighted by Crippen LogP contribution is 2.44. The van der Waals surface area contributed by atoms with Crippen molar-refractivity contribution < 1.29 is 42.8 Å². The van der Waals surface area contributed by atoms with E-state index in [1.165, 1.54) is 16.3 Å². The molecule has 10 rings (SSSR count). The summed E-state index contributed by atoms with van der Waals surface area (Å²) in [5, 5.41) is 8.43. The van der Waals surface area contributed by atoms with Crippen LogP contribution in [0.15, 0.2) is 35.8 Å². The fourth-order valence-electron chi connectivity index (χ4n) is 11.4. The van der Waals surface area contributed by atoms with Crippen molar-refractivity contribution in [3.8, 4) is 22.5 Å². The zero-order chi connectivity index (χ0) is 51.2. The van der Waals surface area contributed by atoms with Gasteiger partial charge < -0.3 is 48.1 Å². The highest BCUT2D eigenvalue weighted by atomic mass is 32.1. The molecule has 6 aliphatic rings. The van der Waals surface area contributed by atoms with Crippen LogP contribution < -0.4 is 15.6 Å². The van der Waals surface area contributed by atoms with E-state index in [0.29, 0.717) is 76.9 Å². The standard InChI is InChI=1S/C54H75N9O9S/c1-33-28-71-48(33)49(64)57-45-47(61-30-54(5,31-61)68-8)50-56-42(29-73-50)35-11-12-43-38(24-35)40(26-53(3,4)32-72-52(66)41-10-9-15-63(58-41)51(45)65)46(62(43)20-23-70-37-13-21-69-22-14-37)39-25-36(27-55-44(39)34(2)67-7)60-18-16-59(6)17-19-60/h11-12,24-25,27,29,33-34,37,41,45,47-48,58H,9-10,13-23,26,28,30-32H2,1-8H3,(H,57,64)/t33-,34-,41-,45-,47-,48+/m0/s1. The fraction of sp³-hybridized carbons (Fsp3) is 0.648. The zero-order valence-electron chi connectivity index (χ0n) is 43.9. The normalized spacial score (nSPS) is 26.7. The minimum atomic E-state index is -1.07. The molecule has 2 amide bonds. The predicted molar refractivity (Wildman–Crippen MR) is 278 cm³/mol. The lowest BCUT2D eigenvalue weighted by atomic mass is 9.84. The Labute approximate surface area is 433 Å². The summed E-state index contributed by atoms with van der Waals surface area (Å²) >= 11 is 1.47. The van der Waals surface area contributed by atoms with E-state index in [9.17, 15) is 9.59 Å². The molecule has 0 radical (unpaired) electrons. The molecular formula is C54H75N9O9S. The number of likely N-dealkylation sites (tertiary alicyclic amines) is 1. The van der Waals surface area contributed by atoms with Gasteiger partial charge in [0.2, 0.25) is 5.91 Å². The predicted octanol–water partition coefficient (Wildman–Crippen LogP) is 5.38. The number of thiazole rings is 1. The number of anilines is 1. The second kappa shape index (κ2) is 21.6. The number of hydrogen-bond acceptors (Lipinski definition) is 16. The van der Waals surface area contributed by atoms with E-state index in [1.807, 2.05) is 27.0 Å². The Morgan fingerprint density at radius 2 is 1.82 bits per heavy atom. The molecule has 6 bridgehead atoms. The van der Waals surface area contributed by atoms with E-state index >= 15 is 4.79 Å². The molecule has 4 aromatic rings. The number of benzene rings is 1. The van der Waals surface area contributed by atoms with Gasteiger partial charge in [-0.25, -0.2) is 10.4 Å². The second-order valence-corrected chi connectivity index (χ2v) is 23.1. The Morgan fingerprint density at radius 3 is 2.53 bits per heavy atom. The van der Waals surface area contributed by atoms with Crippen molar-refractivity contribution in [1.29, 1.82) is 0 Å². The number of cyclic esters (lactones) is 1. The van der Waals surface area contributed by atoms with Crippen molar-refractivity contribution in [2.24, 2.45) is 11.3 Å². The third kappa shape index (κ3) is 10.8. The summed E-state index contributed by atoms with van der Waals surface area (Å²) in [7, 11) is 5.59. The van der Waals surface area contributed by atoms with E-state index in [4.69, 9.17) is 38.4 Å². The number of carbonyl (C=O) groups excluding carboxylic acids is 3. The Hall–Kier alpha value is -4.57. The van der Waals surface area contributed by atoms with Gasteiger partial charge in [-0.2, -0.15) is 0 Å². The number of piperazine rings is 1. The summed E-state index contributed by atoms with van der Waals surface area (Å²) in [4.78, 5) is 61.0. The Balaban J connectivity index is 1.14. The summed E-state index contributed by atoms with van der Waals surface area (Å²) in [6.07, 6.45) is 4.42. The number of aromatic nitrogens is 3. The van der Waals surface area contributed by atoms with Crippen LogP contribution in [0.25, 0.3) is 33.4 Å². The highest BCUT2D eigenvalue weighted by molar-refractivity contribution is 7.10. The zero-order valence-corrected chi connectivity index (χ0v) is 44.8. The van der Waals surface area contributed by atoms with Gasteiger partial charge in [0.25, 0.3) is 5.91 Å². The molecule has 18 nitrogen and oxygen atoms in total. The van der Waals surface area contributed by atoms with Gasteiger partial charge in [-0.05, 0) is 76.8 Å². The number of ether oxygens (including phenoxy) is 6. The topological polar surface area (TPSA) is 174 Å². The molecule has 5 fully saturated rings. The van der Waals surface area contributed by atoms with Crippen LogP contribution in [0.3, 0.4) is 0 Å². The smallest absolute Gasteiger partial charge is 0.324 e. The van der Waals surface area contributed by atoms with Crippen LogP contribution in [0, 0.1) is 11.3 Å². The van der Waals surface area contributed by atoms with Crippen LogP contribution in [0.2, 0.25) is 0 Å². The molecule has 6 aliphatic heterocycles. The largest absolute Gasteiger partial charge is 0.464 e. The third-order valence-electron chi connectivity index (χ3n) is 16.0. The van der Waals surface area contributed by atoms with Crippen LogP contribution in [0.5, 0.6) is 0 Å². The van der Waals surface area contributed by atoms with E-state index in [0.717, 1.165) is 89.4 Å². The molecule has 2 N–H and O–H groups in total. The van der Waals surface area contributed by atoms with Gasteiger partial charge >= 0.3 is 5.97 Å². The van der Waals surface area contributed by atoms with Crippen molar-refractivity contribution >= 4 is 45.7 Å². The molecule has 396 valence electrons. The summed E-state index contributed by atoms with van der Waals surface area (Å²) < 4.78 is 38.8. The number of hydrazine groups is 1. The molecule has 0 spiro atoms. The first-order valence-electron chi connectivity index (χ1n) is 26.3. The monoisotopic (exact) mass is 1030 g/mol. The average molecular weight is 1030 g/mol. The van der Waals surface area contributed by atoms with Crippen molar-refractivity contribution in [3.63, 3.8) is 0 Å². The number of likely N-dealkylation sites (N-methyl/N-ethyl adjacent to an activating group) is 1. The first kappa shape index (κ1) is 51.9. The minimum Gasteiger partial charge on any atom is -0.464 e. The number of esters is 1. The van der Waals surface area contributed by atoms with Gasteiger partial charge in [-0.3, -0.25) is 29.3 Å². The lowest BCUT2D eigenvalue weighted by molar-refractivity contribution is -0.166. The second-order valence-electron chi connectivity index (χ2n) is 22.2. The van der Waals surface area contributed by atoms with Crippen LogP contribution in [-0.2, 0) is 55.8 Å². The first-order chi connectivity index (χ1) is 35.1. The van der Waals surface area contributed by atoms with E-state index in [2.05, 4.69) is 80.6 Å². The Morgan fingerprint density at radius 1 is 1.04 bits per heavy atom. The molecule has 0 aliphatic carbocycles. The van der Waals surface area contributed by atoms with Gasteiger partial charge in [-0.1, -0.05) is 26.8 Å². The molecule has 6 atom stereocenters. The molecule has 3 aromatic heterocycles. The number of hydrogen-bond donors (Lipinski definition) is 2. The lowest BCUT2D eigenvalue weighted by Crippen LogP contribution is -2.68. The molecule has 0 saturated carbocycles. The number of pyridine rings is 1. The lowest BCUT2D eigenvalue weighted by Gasteiger charge is -2.51. The van der Waals surface area contributed by atoms with E-state index in [1.54, 1.807) is 14.2 Å². The van der Waals surface area contributed by atoms with Crippen molar-refractivity contribution in [3.05, 3.63) is 52.1 Å². The number of nitrogens with zero attached hydrogens (tertiary/aromatic N) is 7. The Kier molecular flexibility index (Phi) is 15.3. The first-order valence-corrected chi connectivity index (χ1v) is 27.2. The number of fused-ring (bicyclic) bond motifs is 6. The Bertz CT molecular complexity index is 2640. The van der Waals surface area contributed by atoms with Crippen molar-refractivity contribution in [2.75, 3.05) is 105 Å². The molecule has 73 heavy (non-hydrogen) atoms. The summed E-state index contributed by atoms with van der Waals surface area (Å²) in [6, 6.07) is 6.36. The molecule has 1 aromatic carbocycles. The number of amides is 2. The molecule has 9 heterocycles. The molecular weight excluding hydrogens is 951 g/mol. The number of methoxy groups -OCH3 is 2. The van der Waals surface area contributed by atoms with Crippen LogP contribution in [0.4, 0.5) is 5.69 Å². The number of nitrogens with one attached hydrogen (secondary N) is 2. The van der Waals surface area contributed by atoms with E-state index < -0.39 is 41.2 Å². The minimum absolute atomic E-state index is 0.00151. The summed E-state index contributed by atoms with van der Waals surface area (Å²) in [6.45, 7) is 18.4. The molecule has 0 unspecified atom stereocenters. The van der Waals surface area contributed by atoms with Crippen LogP contribution in [-0.4, -0.2) is 177 Å². The molecule has 5 saturated heterocycles. The van der Waals surface area contributed by atoms with Gasteiger partial charge in [0.05, 0.1) is 72.6 Å². The third-order valence-corrected chi connectivity index (χ3v) is 16.9. The SMILES string of the molecule is CO[C@@H](C)c1ncc(N2CCN(C)CC2)cc1-c1c2c3cc(ccc3n1CCOC1CCOCC1)-c1csc(n1)[C@@H](N1CC(C)(OC)C1)[C@H](NC(=O)[C@@H]1OC[C@@H]1C)C(=O)N1CCC[C@H](N1)C(=O)OCC(C)(C)C2. The van der Waals surface area contributed by atoms with Gasteiger partial charge in [0, 0.05) is 119 Å². The number of carbonyl (C=O) groups is 3. The van der Waals surface area contributed by atoms with Gasteiger partial charge in [0.15, 0.2) is 0 Å². The van der Waals surface area contributed by atoms with Crippen LogP contribution in [0.1, 0.15) is 88.7 Å². The van der Waals surface area contributed by atoms with Crippen molar-refractivity contribution in [1.82, 2.24) is 40.1 Å². The maximum absolute atomic E-state index is 15.1. The fourth-order valence-corrected chi connectivity index (χ4v) is 12.4. The number of rotatable bonds is 12. The average Bonchev–Trinajstić information content (AvgIpc) is 3.98. The molecule has 19 heteroatoms. The quantitative estimate of drug-likeness (QED) is 0.173. The maximum atomic E-state index is 15.1.